The molecule has 1 aromatic rings. The van der Waals surface area contributed by atoms with Crippen molar-refractivity contribution >= 4 is 18.3 Å². The normalized spacial score (nSPS) is 17.4. The van der Waals surface area contributed by atoms with Gasteiger partial charge in [0.2, 0.25) is 0 Å². The van der Waals surface area contributed by atoms with Gasteiger partial charge < -0.3 is 24.4 Å². The first-order valence-electron chi connectivity index (χ1n) is 8.99. The van der Waals surface area contributed by atoms with Crippen LogP contribution in [-0.2, 0) is 0 Å². The number of carbonyl (C=O) groups excluding carboxylic acids is 1. The van der Waals surface area contributed by atoms with E-state index in [4.69, 9.17) is 14.2 Å². The number of rotatable bonds is 7. The molecule has 1 aliphatic carbocycles. The number of nitrogens with zero attached hydrogens (tertiary/aromatic N) is 1. The van der Waals surface area contributed by atoms with Crippen molar-refractivity contribution in [1.29, 1.82) is 0 Å². The zero-order chi connectivity index (χ0) is 17.8. The maximum atomic E-state index is 13.0. The molecular weight excluding hydrogens is 356 g/mol. The van der Waals surface area contributed by atoms with Crippen LogP contribution in [-0.4, -0.2) is 57.8 Å². The highest BCUT2D eigenvalue weighted by molar-refractivity contribution is 5.98. The Morgan fingerprint density at radius 2 is 1.58 bits per heavy atom. The minimum absolute atomic E-state index is 0. The van der Waals surface area contributed by atoms with Gasteiger partial charge in [-0.15, -0.1) is 12.4 Å². The molecule has 1 saturated carbocycles. The lowest BCUT2D eigenvalue weighted by Gasteiger charge is -2.33. The van der Waals surface area contributed by atoms with Crippen molar-refractivity contribution in [2.24, 2.45) is 5.92 Å². The minimum atomic E-state index is -0.0153. The van der Waals surface area contributed by atoms with Crippen LogP contribution in [0.4, 0.5) is 0 Å². The van der Waals surface area contributed by atoms with Crippen LogP contribution in [0, 0.1) is 5.92 Å². The summed E-state index contributed by atoms with van der Waals surface area (Å²) in [6, 6.07) is 3.94. The van der Waals surface area contributed by atoms with E-state index in [1.807, 2.05) is 4.90 Å². The van der Waals surface area contributed by atoms with Crippen molar-refractivity contribution in [3.05, 3.63) is 17.7 Å². The summed E-state index contributed by atoms with van der Waals surface area (Å²) in [7, 11) is 4.69. The van der Waals surface area contributed by atoms with Gasteiger partial charge in [0.15, 0.2) is 11.5 Å². The topological polar surface area (TPSA) is 60.0 Å². The second kappa shape index (κ2) is 9.33. The Morgan fingerprint density at radius 1 is 1.00 bits per heavy atom. The summed E-state index contributed by atoms with van der Waals surface area (Å²) < 4.78 is 16.0. The number of nitrogens with one attached hydrogen (secondary N) is 1. The molecule has 1 N–H and O–H groups in total. The summed E-state index contributed by atoms with van der Waals surface area (Å²) in [4.78, 5) is 14.9. The van der Waals surface area contributed by atoms with E-state index in [-0.39, 0.29) is 18.3 Å². The lowest BCUT2D eigenvalue weighted by Crippen LogP contribution is -2.45. The summed E-state index contributed by atoms with van der Waals surface area (Å²) in [5.74, 6) is 2.47. The van der Waals surface area contributed by atoms with E-state index in [1.165, 1.54) is 12.8 Å². The second-order valence-electron chi connectivity index (χ2n) is 6.83. The van der Waals surface area contributed by atoms with Crippen molar-refractivity contribution in [3.63, 3.8) is 0 Å². The number of piperidine rings is 1. The van der Waals surface area contributed by atoms with Gasteiger partial charge in [-0.2, -0.15) is 0 Å². The Bertz CT molecular complexity index is 614. The summed E-state index contributed by atoms with van der Waals surface area (Å²) in [6.07, 6.45) is 4.72. The van der Waals surface area contributed by atoms with Crippen molar-refractivity contribution in [2.45, 2.75) is 31.7 Å². The van der Waals surface area contributed by atoms with Gasteiger partial charge in [-0.25, -0.2) is 0 Å². The van der Waals surface area contributed by atoms with E-state index >= 15 is 0 Å². The molecule has 3 rings (SSSR count). The van der Waals surface area contributed by atoms with E-state index in [0.717, 1.165) is 38.4 Å². The van der Waals surface area contributed by atoms with Gasteiger partial charge in [-0.3, -0.25) is 4.79 Å². The predicted molar refractivity (Wildman–Crippen MR) is 103 cm³/mol. The number of amides is 1. The third-order valence-corrected chi connectivity index (χ3v) is 5.11. The molecule has 7 heteroatoms. The molecule has 0 atom stereocenters. The molecule has 0 unspecified atom stereocenters. The van der Waals surface area contributed by atoms with Crippen LogP contribution in [0.5, 0.6) is 17.2 Å². The summed E-state index contributed by atoms with van der Waals surface area (Å²) >= 11 is 0. The maximum absolute atomic E-state index is 13.0. The zero-order valence-electron chi connectivity index (χ0n) is 15.7. The number of carbonyl (C=O) groups is 1. The van der Waals surface area contributed by atoms with Crippen LogP contribution in [0.3, 0.4) is 0 Å². The van der Waals surface area contributed by atoms with Gasteiger partial charge in [-0.05, 0) is 38.1 Å². The van der Waals surface area contributed by atoms with E-state index in [2.05, 4.69) is 5.32 Å². The van der Waals surface area contributed by atoms with E-state index in [0.29, 0.717) is 28.9 Å². The fourth-order valence-corrected chi connectivity index (χ4v) is 3.31. The molecule has 1 aromatic carbocycles. The summed E-state index contributed by atoms with van der Waals surface area (Å²) in [6.45, 7) is 2.65. The molecule has 0 radical (unpaired) electrons. The van der Waals surface area contributed by atoms with Gasteiger partial charge in [0.25, 0.3) is 5.91 Å². The van der Waals surface area contributed by atoms with Crippen LogP contribution in [0.25, 0.3) is 0 Å². The second-order valence-corrected chi connectivity index (χ2v) is 6.83. The Kier molecular flexibility index (Phi) is 7.41. The molecule has 2 aliphatic rings. The standard InChI is InChI=1S/C19H28N2O4.ClH/c1-23-16-11-18(25-3)17(24-2)10-15(16)19(22)21-8-6-14(7-9-21)20-12-13-4-5-13;/h10-11,13-14,20H,4-9,12H2,1-3H3;1H. The van der Waals surface area contributed by atoms with Crippen molar-refractivity contribution in [3.8, 4) is 17.2 Å². The van der Waals surface area contributed by atoms with Crippen LogP contribution in [0.1, 0.15) is 36.0 Å². The molecular formula is C19H29ClN2O4. The highest BCUT2D eigenvalue weighted by atomic mass is 35.5. The first-order valence-corrected chi connectivity index (χ1v) is 8.99. The SMILES string of the molecule is COc1cc(OC)c(C(=O)N2CCC(NCC3CC3)CC2)cc1OC.Cl. The molecule has 0 bridgehead atoms. The quantitative estimate of drug-likeness (QED) is 0.783. The molecule has 0 aromatic heterocycles. The lowest BCUT2D eigenvalue weighted by molar-refractivity contribution is 0.0701. The van der Waals surface area contributed by atoms with E-state index < -0.39 is 0 Å². The van der Waals surface area contributed by atoms with Gasteiger partial charge in [0.05, 0.1) is 26.9 Å². The van der Waals surface area contributed by atoms with Crippen LogP contribution in [0.2, 0.25) is 0 Å². The van der Waals surface area contributed by atoms with Crippen molar-refractivity contribution in [1.82, 2.24) is 10.2 Å². The molecule has 146 valence electrons. The Morgan fingerprint density at radius 3 is 2.12 bits per heavy atom. The smallest absolute Gasteiger partial charge is 0.257 e. The van der Waals surface area contributed by atoms with Crippen LogP contribution in [0.15, 0.2) is 12.1 Å². The van der Waals surface area contributed by atoms with Crippen LogP contribution < -0.4 is 19.5 Å². The Labute approximate surface area is 161 Å². The highest BCUT2D eigenvalue weighted by Crippen LogP contribution is 2.35. The molecule has 1 heterocycles. The molecule has 1 aliphatic heterocycles. The van der Waals surface area contributed by atoms with Gasteiger partial charge in [0, 0.05) is 31.3 Å². The number of ether oxygens (including phenoxy) is 3. The molecule has 26 heavy (non-hydrogen) atoms. The monoisotopic (exact) mass is 384 g/mol. The molecule has 0 spiro atoms. The van der Waals surface area contributed by atoms with Crippen molar-refractivity contribution in [2.75, 3.05) is 41.0 Å². The first kappa shape index (κ1) is 20.6. The van der Waals surface area contributed by atoms with Gasteiger partial charge in [0.1, 0.15) is 5.75 Å². The Hall–Kier alpha value is -1.66. The number of halogens is 1. The molecule has 2 fully saturated rings. The number of hydrogen-bond acceptors (Lipinski definition) is 5. The van der Waals surface area contributed by atoms with Crippen molar-refractivity contribution < 1.29 is 19.0 Å². The third kappa shape index (κ3) is 4.74. The average molecular weight is 385 g/mol. The number of methoxy groups -OCH3 is 3. The fourth-order valence-electron chi connectivity index (χ4n) is 3.31. The van der Waals surface area contributed by atoms with E-state index in [9.17, 15) is 4.79 Å². The molecule has 1 saturated heterocycles. The predicted octanol–water partition coefficient (Wildman–Crippen LogP) is 2.74. The highest BCUT2D eigenvalue weighted by Gasteiger charge is 2.28. The maximum Gasteiger partial charge on any atom is 0.257 e. The first-order chi connectivity index (χ1) is 12.2. The number of benzene rings is 1. The lowest BCUT2D eigenvalue weighted by atomic mass is 10.0. The third-order valence-electron chi connectivity index (χ3n) is 5.11. The minimum Gasteiger partial charge on any atom is -0.496 e. The summed E-state index contributed by atoms with van der Waals surface area (Å²) in [5, 5.41) is 3.64. The summed E-state index contributed by atoms with van der Waals surface area (Å²) in [5.41, 5.74) is 0.518. The number of likely N-dealkylation sites (tertiary alicyclic amines) is 1. The van der Waals surface area contributed by atoms with E-state index in [1.54, 1.807) is 33.5 Å². The average Bonchev–Trinajstić information content (AvgIpc) is 3.49. The number of hydrogen-bond donors (Lipinski definition) is 1. The largest absolute Gasteiger partial charge is 0.496 e. The fraction of sp³-hybridized carbons (Fsp3) is 0.632. The zero-order valence-corrected chi connectivity index (χ0v) is 16.6. The Balaban J connectivity index is 0.00000243. The molecule has 1 amide bonds. The van der Waals surface area contributed by atoms with Gasteiger partial charge >= 0.3 is 0 Å². The van der Waals surface area contributed by atoms with Gasteiger partial charge in [-0.1, -0.05) is 0 Å². The molecule has 6 nitrogen and oxygen atoms in total. The van der Waals surface area contributed by atoms with Crippen LogP contribution >= 0.6 is 12.4 Å².